The fourth-order valence-corrected chi connectivity index (χ4v) is 7.27. The Hall–Kier alpha value is -4.48. The number of hydrogen-bond donors (Lipinski definition) is 5. The van der Waals surface area contributed by atoms with Crippen molar-refractivity contribution in [3.63, 3.8) is 0 Å². The standard InChI is InChI=1S/C37H37Cl2N7O3/c1-49-37-22(17-40-18-23-10-14-33(47)42-23)9-12-30(44-37)28-7-3-6-27(36(28)39)26-5-2-4-25(35(26)38)21-8-13-31-29(16-21)32(46-45-31)20-41-19-24-11-15-34(48)43-24/h2-9,12-13,16,23-24,40-41H,10-11,14-15,17-20H2,1H3,(H,42,47)(H,43,48)(H,45,46)/t23-,24-/m0/s1. The van der Waals surface area contributed by atoms with Crippen LogP contribution in [0.15, 0.2) is 66.7 Å². The molecule has 4 heterocycles. The molecular formula is C37H37Cl2N7O3. The fraction of sp³-hybridized carbons (Fsp3) is 0.297. The van der Waals surface area contributed by atoms with Crippen LogP contribution in [0.1, 0.15) is 36.9 Å². The minimum absolute atomic E-state index is 0.102. The normalized spacial score (nSPS) is 17.4. The Labute approximate surface area is 294 Å². The van der Waals surface area contributed by atoms with Crippen LogP contribution in [0.4, 0.5) is 0 Å². The largest absolute Gasteiger partial charge is 0.481 e. The summed E-state index contributed by atoms with van der Waals surface area (Å²) in [5, 5.41) is 22.6. The second-order valence-corrected chi connectivity index (χ2v) is 13.3. The monoisotopic (exact) mass is 697 g/mol. The van der Waals surface area contributed by atoms with Crippen molar-refractivity contribution in [3.8, 4) is 39.4 Å². The van der Waals surface area contributed by atoms with Gasteiger partial charge in [-0.15, -0.1) is 0 Å². The molecule has 5 N–H and O–H groups in total. The summed E-state index contributed by atoms with van der Waals surface area (Å²) in [5.41, 5.74) is 7.64. The Morgan fingerprint density at radius 1 is 0.796 bits per heavy atom. The van der Waals surface area contributed by atoms with E-state index in [4.69, 9.17) is 32.9 Å². The Morgan fingerprint density at radius 3 is 2.08 bits per heavy atom. The molecule has 0 spiro atoms. The van der Waals surface area contributed by atoms with Gasteiger partial charge >= 0.3 is 0 Å². The van der Waals surface area contributed by atoms with Crippen molar-refractivity contribution in [3.05, 3.63) is 88.0 Å². The first-order chi connectivity index (χ1) is 23.9. The van der Waals surface area contributed by atoms with E-state index >= 15 is 0 Å². The van der Waals surface area contributed by atoms with Crippen molar-refractivity contribution in [1.82, 2.24) is 36.4 Å². The highest BCUT2D eigenvalue weighted by molar-refractivity contribution is 6.39. The van der Waals surface area contributed by atoms with Crippen molar-refractivity contribution in [2.75, 3.05) is 20.2 Å². The average Bonchev–Trinajstić information content (AvgIpc) is 3.84. The molecule has 10 nitrogen and oxygen atoms in total. The van der Waals surface area contributed by atoms with Gasteiger partial charge in [-0.2, -0.15) is 5.10 Å². The molecule has 2 aromatic heterocycles. The average molecular weight is 699 g/mol. The van der Waals surface area contributed by atoms with Crippen LogP contribution in [-0.2, 0) is 22.7 Å². The minimum Gasteiger partial charge on any atom is -0.481 e. The number of ether oxygens (including phenoxy) is 1. The molecule has 0 bridgehead atoms. The van der Waals surface area contributed by atoms with Crippen molar-refractivity contribution in [2.45, 2.75) is 50.9 Å². The molecule has 252 valence electrons. The van der Waals surface area contributed by atoms with Crippen molar-refractivity contribution in [1.29, 1.82) is 0 Å². The number of nitrogens with zero attached hydrogens (tertiary/aromatic N) is 2. The number of aromatic nitrogens is 3. The zero-order chi connectivity index (χ0) is 33.9. The first-order valence-corrected chi connectivity index (χ1v) is 17.2. The number of benzene rings is 3. The van der Waals surface area contributed by atoms with Crippen molar-refractivity contribution < 1.29 is 14.3 Å². The summed E-state index contributed by atoms with van der Waals surface area (Å²) in [6.07, 6.45) is 2.84. The van der Waals surface area contributed by atoms with Crippen LogP contribution in [0.3, 0.4) is 0 Å². The number of pyridine rings is 1. The van der Waals surface area contributed by atoms with Crippen molar-refractivity contribution in [2.24, 2.45) is 0 Å². The van der Waals surface area contributed by atoms with Crippen LogP contribution in [0.25, 0.3) is 44.4 Å². The predicted molar refractivity (Wildman–Crippen MR) is 193 cm³/mol. The van der Waals surface area contributed by atoms with Gasteiger partial charge in [0.2, 0.25) is 17.7 Å². The van der Waals surface area contributed by atoms with E-state index in [9.17, 15) is 9.59 Å². The molecule has 5 aromatic rings. The van der Waals surface area contributed by atoms with Crippen LogP contribution >= 0.6 is 23.2 Å². The van der Waals surface area contributed by atoms with E-state index in [-0.39, 0.29) is 23.9 Å². The van der Waals surface area contributed by atoms with E-state index in [0.29, 0.717) is 60.6 Å². The Balaban J connectivity index is 1.11. The smallest absolute Gasteiger partial charge is 0.220 e. The maximum absolute atomic E-state index is 11.5. The van der Waals surface area contributed by atoms with Gasteiger partial charge in [0.15, 0.2) is 0 Å². The molecule has 0 unspecified atom stereocenters. The summed E-state index contributed by atoms with van der Waals surface area (Å²) in [6, 6.07) is 22.2. The van der Waals surface area contributed by atoms with Crippen LogP contribution in [0.5, 0.6) is 5.88 Å². The Kier molecular flexibility index (Phi) is 9.81. The molecule has 0 aliphatic carbocycles. The number of nitrogens with one attached hydrogen (secondary N) is 5. The molecule has 2 amide bonds. The number of fused-ring (bicyclic) bond motifs is 1. The van der Waals surface area contributed by atoms with Crippen LogP contribution in [-0.4, -0.2) is 59.3 Å². The first kappa shape index (κ1) is 33.0. The van der Waals surface area contributed by atoms with Gasteiger partial charge < -0.3 is 26.0 Å². The molecule has 3 aromatic carbocycles. The number of amides is 2. The summed E-state index contributed by atoms with van der Waals surface area (Å²) in [7, 11) is 1.60. The van der Waals surface area contributed by atoms with E-state index in [1.165, 1.54) is 0 Å². The van der Waals surface area contributed by atoms with Gasteiger partial charge in [0, 0.05) is 84.3 Å². The molecule has 12 heteroatoms. The third-order valence-corrected chi connectivity index (χ3v) is 10.0. The Bertz CT molecular complexity index is 2030. The third-order valence-electron chi connectivity index (χ3n) is 9.21. The summed E-state index contributed by atoms with van der Waals surface area (Å²) in [5.74, 6) is 0.723. The summed E-state index contributed by atoms with van der Waals surface area (Å²) < 4.78 is 5.66. The number of carbonyl (C=O) groups excluding carboxylic acids is 2. The molecule has 2 aliphatic rings. The van der Waals surface area contributed by atoms with Gasteiger partial charge in [-0.25, -0.2) is 4.98 Å². The number of rotatable bonds is 12. The maximum atomic E-state index is 11.5. The molecule has 49 heavy (non-hydrogen) atoms. The van der Waals surface area contributed by atoms with Crippen LogP contribution < -0.4 is 26.0 Å². The lowest BCUT2D eigenvalue weighted by molar-refractivity contribution is -0.120. The topological polar surface area (TPSA) is 133 Å². The first-order valence-electron chi connectivity index (χ1n) is 16.5. The van der Waals surface area contributed by atoms with Gasteiger partial charge in [-0.05, 0) is 36.6 Å². The van der Waals surface area contributed by atoms with E-state index < -0.39 is 0 Å². The molecule has 2 fully saturated rings. The van der Waals surface area contributed by atoms with Gasteiger partial charge in [-0.3, -0.25) is 14.7 Å². The molecule has 2 saturated heterocycles. The third kappa shape index (κ3) is 7.14. The lowest BCUT2D eigenvalue weighted by Gasteiger charge is -2.16. The number of H-pyrrole nitrogens is 1. The van der Waals surface area contributed by atoms with E-state index in [1.807, 2.05) is 60.7 Å². The predicted octanol–water partition coefficient (Wildman–Crippen LogP) is 6.01. The number of methoxy groups -OCH3 is 1. The minimum atomic E-state index is 0.102. The quantitative estimate of drug-likeness (QED) is 0.108. The second kappa shape index (κ2) is 14.6. The SMILES string of the molecule is COc1nc(-c2cccc(-c3cccc(-c4ccc5n[nH]c(CNC[C@@H]6CCC(=O)N6)c5c4)c3Cl)c2Cl)ccc1CNC[C@@H]1CCC(=O)N1. The zero-order valence-corrected chi connectivity index (χ0v) is 28.5. The van der Waals surface area contributed by atoms with Gasteiger partial charge in [0.05, 0.1) is 34.1 Å². The van der Waals surface area contributed by atoms with Crippen LogP contribution in [0.2, 0.25) is 10.0 Å². The van der Waals surface area contributed by atoms with E-state index in [0.717, 1.165) is 62.8 Å². The number of aromatic amines is 1. The number of halogens is 2. The molecule has 0 radical (unpaired) electrons. The molecule has 2 aliphatic heterocycles. The molecular weight excluding hydrogens is 661 g/mol. The molecule has 0 saturated carbocycles. The molecule has 7 rings (SSSR count). The highest BCUT2D eigenvalue weighted by Gasteiger charge is 2.22. The summed E-state index contributed by atoms with van der Waals surface area (Å²) in [6.45, 7) is 2.54. The zero-order valence-electron chi connectivity index (χ0n) is 27.0. The maximum Gasteiger partial charge on any atom is 0.220 e. The lowest BCUT2D eigenvalue weighted by Crippen LogP contribution is -2.35. The van der Waals surface area contributed by atoms with E-state index in [1.54, 1.807) is 7.11 Å². The number of hydrogen-bond acceptors (Lipinski definition) is 7. The fourth-order valence-electron chi connectivity index (χ4n) is 6.61. The van der Waals surface area contributed by atoms with Crippen molar-refractivity contribution >= 4 is 45.9 Å². The van der Waals surface area contributed by atoms with Gasteiger partial charge in [-0.1, -0.05) is 71.7 Å². The van der Waals surface area contributed by atoms with Crippen LogP contribution in [0, 0.1) is 0 Å². The highest BCUT2D eigenvalue weighted by Crippen LogP contribution is 2.42. The molecule has 2 atom stereocenters. The Morgan fingerprint density at radius 2 is 1.43 bits per heavy atom. The second-order valence-electron chi connectivity index (χ2n) is 12.5. The van der Waals surface area contributed by atoms with E-state index in [2.05, 4.69) is 37.5 Å². The van der Waals surface area contributed by atoms with Gasteiger partial charge in [0.25, 0.3) is 0 Å². The summed E-state index contributed by atoms with van der Waals surface area (Å²) >= 11 is 14.3. The van der Waals surface area contributed by atoms with Gasteiger partial charge in [0.1, 0.15) is 0 Å². The highest BCUT2D eigenvalue weighted by atomic mass is 35.5. The number of carbonyl (C=O) groups is 2. The summed E-state index contributed by atoms with van der Waals surface area (Å²) in [4.78, 5) is 27.9. The lowest BCUT2D eigenvalue weighted by atomic mass is 9.96.